The van der Waals surface area contributed by atoms with Gasteiger partial charge in [0, 0.05) is 88.4 Å². The molecule has 8 heterocycles. The predicted octanol–water partition coefficient (Wildman–Crippen LogP) is 6.91. The summed E-state index contributed by atoms with van der Waals surface area (Å²) in [5.41, 5.74) is -3.13. The van der Waals surface area contributed by atoms with Crippen LogP contribution in [-0.2, 0) is 90.3 Å². The molecule has 3 aromatic rings. The van der Waals surface area contributed by atoms with Crippen LogP contribution in [0.2, 0.25) is 0 Å². The van der Waals surface area contributed by atoms with Crippen LogP contribution >= 0.6 is 0 Å². The van der Waals surface area contributed by atoms with Gasteiger partial charge in [-0.2, -0.15) is 0 Å². The summed E-state index contributed by atoms with van der Waals surface area (Å²) in [6, 6.07) is 0. The van der Waals surface area contributed by atoms with Crippen molar-refractivity contribution in [1.29, 1.82) is 0 Å². The van der Waals surface area contributed by atoms with Gasteiger partial charge in [0.2, 0.25) is 6.29 Å². The number of ketones is 1. The zero-order chi connectivity index (χ0) is 67.1. The molecule has 8 rings (SSSR count). The van der Waals surface area contributed by atoms with Crippen LogP contribution in [0.25, 0.3) is 0 Å². The third-order valence-corrected chi connectivity index (χ3v) is 17.8. The van der Waals surface area contributed by atoms with E-state index >= 15 is 9.59 Å². The van der Waals surface area contributed by atoms with E-state index in [9.17, 15) is 24.0 Å². The predicted molar refractivity (Wildman–Crippen MR) is 316 cm³/mol. The molecule has 3 aromatic heterocycles. The van der Waals surface area contributed by atoms with Gasteiger partial charge in [-0.15, -0.1) is 0 Å². The first-order valence-electron chi connectivity index (χ1n) is 31.1. The molecule has 5 saturated heterocycles. The summed E-state index contributed by atoms with van der Waals surface area (Å²) in [5.74, 6) is -8.80. The standard InChI is InChI=1S/C62H89N7O23/c1-31(2)23-42(70)84-46-36(7)45(33(4)27-80-55-51(78-15)50(77-14)48(39(10)83-55)88-57(73)67-20-17-63-28-67)86-54(72)38(9)47(85-43-26-62(13)53(40(11)82-43)90-60(76)92-62)35(6)44(32(3)25-61(12,52(71)37(46)8)91-59(75)69-22-19-65-30-69)87-56-49(41(66-79-16)24-34(5)81-56)89-58(74)68-21-18-64-29-68/h17-22,28-40,43-51,53,55-56H,23-27H2,1-16H3/t32-,33-,34+,35+,36-,37+,38+,39+,40-,43-,44-,45+,46+,47-,48+,49+,50+,51+,53-,55+,56-,61-,62+/m0/s1. The fourth-order valence-corrected chi connectivity index (χ4v) is 13.2. The van der Waals surface area contributed by atoms with Crippen molar-refractivity contribution in [3.05, 3.63) is 56.2 Å². The first kappa shape index (κ1) is 70.9. The molecule has 92 heavy (non-hydrogen) atoms. The van der Waals surface area contributed by atoms with Gasteiger partial charge >= 0.3 is 36.4 Å². The highest BCUT2D eigenvalue weighted by Gasteiger charge is 2.58. The van der Waals surface area contributed by atoms with E-state index in [2.05, 4.69) is 20.1 Å². The monoisotopic (exact) mass is 1300 g/mol. The average Bonchev–Trinajstić information content (AvgIpc) is 1.46. The largest absolute Gasteiger partial charge is 0.509 e. The second kappa shape index (κ2) is 30.4. The van der Waals surface area contributed by atoms with Crippen LogP contribution < -0.4 is 0 Å². The smallest absolute Gasteiger partial charge is 0.461 e. The molecule has 0 saturated carbocycles. The number of carbonyl (C=O) groups excluding carboxylic acids is 7. The zero-order valence-electron chi connectivity index (χ0n) is 55.0. The van der Waals surface area contributed by atoms with Gasteiger partial charge < -0.3 is 75.9 Å². The Hall–Kier alpha value is -6.93. The highest BCUT2D eigenvalue weighted by atomic mass is 16.8. The van der Waals surface area contributed by atoms with Gasteiger partial charge in [-0.25, -0.2) is 47.8 Å². The molecule has 0 amide bonds. The number of hydrogen-bond donors (Lipinski definition) is 0. The molecule has 510 valence electrons. The quantitative estimate of drug-likeness (QED) is 0.0752. The number of rotatable bonds is 17. The van der Waals surface area contributed by atoms with Gasteiger partial charge in [0.25, 0.3) is 0 Å². The van der Waals surface area contributed by atoms with Gasteiger partial charge in [0.05, 0.1) is 49.0 Å². The van der Waals surface area contributed by atoms with Crippen molar-refractivity contribution in [1.82, 2.24) is 28.7 Å². The SMILES string of the molecule is CON=C1C[C@@H](C)O[C@@H](O[C@@H]2[C@@H](C)[C@H](O[C@H]3C[C@@]4(C)OC(=O)O[C@H]4[C@H](C)O3)[C@@H](C)C(=O)O[C@H]([C@@H](C)CO[C@@H]3O[C@H](C)[C@@H](OC(=O)n4ccnc4)[C@@H](OC)[C@H]3OC)[C@H](C)[C@@H](OC(=O)CC(C)C)[C@@H](C)C(=O)[C@@](C)(OC(=O)n3ccnc3)C[C@@H]2C)[C@@H]1OC(=O)n1ccnc1. The van der Waals surface area contributed by atoms with E-state index in [1.165, 1.54) is 84.4 Å². The van der Waals surface area contributed by atoms with Crippen LogP contribution in [0.15, 0.2) is 61.3 Å². The summed E-state index contributed by atoms with van der Waals surface area (Å²) >= 11 is 0. The maximum absolute atomic E-state index is 16.1. The summed E-state index contributed by atoms with van der Waals surface area (Å²) in [6.07, 6.45) is -8.17. The van der Waals surface area contributed by atoms with Gasteiger partial charge in [-0.3, -0.25) is 14.4 Å². The average molecular weight is 1300 g/mol. The Balaban J connectivity index is 1.24. The van der Waals surface area contributed by atoms with Crippen LogP contribution in [0.1, 0.15) is 116 Å². The minimum absolute atomic E-state index is 0.0662. The van der Waals surface area contributed by atoms with Crippen molar-refractivity contribution >= 4 is 47.9 Å². The number of imidazole rings is 3. The topological polar surface area (TPSA) is 333 Å². The maximum Gasteiger partial charge on any atom is 0.509 e. The molecule has 0 aliphatic carbocycles. The number of aromatic nitrogens is 6. The van der Waals surface area contributed by atoms with E-state index in [4.69, 9.17) is 75.9 Å². The van der Waals surface area contributed by atoms with Crippen LogP contribution in [0.4, 0.5) is 19.2 Å². The highest BCUT2D eigenvalue weighted by molar-refractivity contribution is 5.92. The first-order chi connectivity index (χ1) is 43.6. The lowest BCUT2D eigenvalue weighted by molar-refractivity contribution is -0.304. The van der Waals surface area contributed by atoms with Gasteiger partial charge in [-0.1, -0.05) is 53.6 Å². The van der Waals surface area contributed by atoms with E-state index in [1.807, 2.05) is 13.8 Å². The van der Waals surface area contributed by atoms with E-state index in [1.54, 1.807) is 69.2 Å². The number of hydrogen-bond acceptors (Lipinski definition) is 27. The third kappa shape index (κ3) is 16.2. The molecule has 0 spiro atoms. The Morgan fingerprint density at radius 3 is 1.87 bits per heavy atom. The van der Waals surface area contributed by atoms with Gasteiger partial charge in [0.15, 0.2) is 47.9 Å². The Labute approximate surface area is 534 Å². The summed E-state index contributed by atoms with van der Waals surface area (Å²) in [6.45, 7) is 21.7. The number of Topliss-reactive ketones (excluding diaryl/α,β-unsaturated/α-hetero) is 1. The molecular formula is C62H89N7O23. The minimum atomic E-state index is -2.11. The number of fused-ring (bicyclic) bond motifs is 1. The lowest BCUT2D eigenvalue weighted by Gasteiger charge is -2.46. The summed E-state index contributed by atoms with van der Waals surface area (Å²) in [5, 5.41) is 4.26. The number of carbonyl (C=O) groups is 7. The molecule has 5 fully saturated rings. The zero-order valence-corrected chi connectivity index (χ0v) is 55.0. The molecule has 0 bridgehead atoms. The third-order valence-electron chi connectivity index (χ3n) is 17.8. The van der Waals surface area contributed by atoms with E-state index < -0.39 is 181 Å². The molecule has 0 aromatic carbocycles. The number of nitrogens with zero attached hydrogens (tertiary/aromatic N) is 7. The lowest BCUT2D eigenvalue weighted by atomic mass is 9.74. The molecule has 30 nitrogen and oxygen atoms in total. The van der Waals surface area contributed by atoms with Crippen LogP contribution in [-0.4, -0.2) is 208 Å². The fourth-order valence-electron chi connectivity index (χ4n) is 13.2. The van der Waals surface area contributed by atoms with E-state index in [-0.39, 0.29) is 43.9 Å². The Morgan fingerprint density at radius 2 is 1.28 bits per heavy atom. The molecule has 0 radical (unpaired) electrons. The Morgan fingerprint density at radius 1 is 0.663 bits per heavy atom. The van der Waals surface area contributed by atoms with Crippen LogP contribution in [0.5, 0.6) is 0 Å². The molecular weight excluding hydrogens is 1210 g/mol. The van der Waals surface area contributed by atoms with Gasteiger partial charge in [-0.05, 0) is 59.8 Å². The van der Waals surface area contributed by atoms with Gasteiger partial charge in [0.1, 0.15) is 56.2 Å². The molecule has 30 heteroatoms. The maximum atomic E-state index is 16.1. The first-order valence-corrected chi connectivity index (χ1v) is 31.1. The second-order valence-corrected chi connectivity index (χ2v) is 25.5. The summed E-state index contributed by atoms with van der Waals surface area (Å²) in [4.78, 5) is 117. The normalized spacial score (nSPS) is 37.2. The minimum Gasteiger partial charge on any atom is -0.461 e. The fraction of sp³-hybridized carbons (Fsp3) is 0.726. The van der Waals surface area contributed by atoms with Crippen molar-refractivity contribution in [3.63, 3.8) is 0 Å². The number of esters is 2. The second-order valence-electron chi connectivity index (χ2n) is 25.5. The lowest BCUT2D eigenvalue weighted by Crippen LogP contribution is -2.60. The van der Waals surface area contributed by atoms with Crippen LogP contribution in [0.3, 0.4) is 0 Å². The van der Waals surface area contributed by atoms with E-state index in [0.29, 0.717) is 0 Å². The molecule has 0 unspecified atom stereocenters. The number of cyclic esters (lactones) is 1. The Bertz CT molecular complexity index is 3000. The van der Waals surface area contributed by atoms with Crippen molar-refractivity contribution < 1.29 is 109 Å². The van der Waals surface area contributed by atoms with Crippen molar-refractivity contribution in [3.8, 4) is 0 Å². The highest BCUT2D eigenvalue weighted by Crippen LogP contribution is 2.44. The van der Waals surface area contributed by atoms with Crippen molar-refractivity contribution in [2.45, 2.75) is 219 Å². The van der Waals surface area contributed by atoms with E-state index in [0.717, 1.165) is 13.7 Å². The summed E-state index contributed by atoms with van der Waals surface area (Å²) in [7, 11) is 4.17. The number of oxime groups is 1. The number of ether oxygens (including phenoxy) is 15. The van der Waals surface area contributed by atoms with Crippen LogP contribution in [0, 0.1) is 41.4 Å². The number of methoxy groups -OCH3 is 2. The van der Waals surface area contributed by atoms with Crippen molar-refractivity contribution in [2.75, 3.05) is 27.9 Å². The molecule has 23 atom stereocenters. The molecule has 0 N–H and O–H groups in total. The Kier molecular flexibility index (Phi) is 23.5. The van der Waals surface area contributed by atoms with Crippen molar-refractivity contribution in [2.24, 2.45) is 46.6 Å². The summed E-state index contributed by atoms with van der Waals surface area (Å²) < 4.78 is 98.2. The molecule has 5 aliphatic rings. The molecule has 5 aliphatic heterocycles.